The van der Waals surface area contributed by atoms with Crippen molar-refractivity contribution in [3.63, 3.8) is 0 Å². The molecule has 0 saturated carbocycles. The van der Waals surface area contributed by atoms with Gasteiger partial charge in [0.25, 0.3) is 5.91 Å². The van der Waals surface area contributed by atoms with Crippen LogP contribution >= 0.6 is 34.5 Å². The molecule has 0 radical (unpaired) electrons. The van der Waals surface area contributed by atoms with Gasteiger partial charge in [0.1, 0.15) is 6.04 Å². The number of thiophene rings is 1. The highest BCUT2D eigenvalue weighted by Gasteiger charge is 2.34. The molecule has 1 aliphatic rings. The van der Waals surface area contributed by atoms with Crippen molar-refractivity contribution in [2.24, 2.45) is 0 Å². The van der Waals surface area contributed by atoms with Gasteiger partial charge in [0.05, 0.1) is 6.54 Å². The van der Waals surface area contributed by atoms with Crippen LogP contribution in [0.25, 0.3) is 0 Å². The number of nitrogens with zero attached hydrogens (tertiary/aromatic N) is 1. The Hall–Kier alpha value is -1.56. The summed E-state index contributed by atoms with van der Waals surface area (Å²) < 4.78 is 0. The number of hydrogen-bond acceptors (Lipinski definition) is 3. The summed E-state index contributed by atoms with van der Waals surface area (Å²) >= 11 is 13.6. The summed E-state index contributed by atoms with van der Waals surface area (Å²) in [6, 6.07) is 6.32. The third kappa shape index (κ3) is 4.17. The topological polar surface area (TPSA) is 49.4 Å². The van der Waals surface area contributed by atoms with Crippen molar-refractivity contribution in [1.82, 2.24) is 10.2 Å². The fourth-order valence-electron chi connectivity index (χ4n) is 3.00. The van der Waals surface area contributed by atoms with Gasteiger partial charge in [0.15, 0.2) is 0 Å². The van der Waals surface area contributed by atoms with Gasteiger partial charge < -0.3 is 10.2 Å². The molecular formula is C18H18Cl2N2O2S. The van der Waals surface area contributed by atoms with Crippen molar-refractivity contribution in [1.29, 1.82) is 0 Å². The molecule has 0 spiro atoms. The highest BCUT2D eigenvalue weighted by atomic mass is 35.5. The van der Waals surface area contributed by atoms with E-state index in [4.69, 9.17) is 23.2 Å². The Kier molecular flexibility index (Phi) is 5.67. The highest BCUT2D eigenvalue weighted by Crippen LogP contribution is 2.25. The lowest BCUT2D eigenvalue weighted by molar-refractivity contribution is -0.125. The molecule has 1 aliphatic heterocycles. The Labute approximate surface area is 160 Å². The Morgan fingerprint density at radius 1 is 1.28 bits per heavy atom. The summed E-state index contributed by atoms with van der Waals surface area (Å²) in [6.45, 7) is 3.06. The van der Waals surface area contributed by atoms with Crippen LogP contribution in [-0.4, -0.2) is 29.3 Å². The minimum atomic E-state index is -0.453. The fourth-order valence-corrected chi connectivity index (χ4v) is 4.37. The standard InChI is InChI=1S/C18H18Cl2N2O2S/c1-11-4-6-25-16(11)10-21-17(23)15-3-2-5-22(15)18(24)12-7-13(19)9-14(20)8-12/h4,6-9,15H,2-3,5,10H2,1H3,(H,21,23). The van der Waals surface area contributed by atoms with Crippen molar-refractivity contribution < 1.29 is 9.59 Å². The van der Waals surface area contributed by atoms with Gasteiger partial charge in [-0.05, 0) is 55.0 Å². The second-order valence-electron chi connectivity index (χ2n) is 6.06. The number of nitrogens with one attached hydrogen (secondary N) is 1. The molecule has 1 atom stereocenters. The molecule has 7 heteroatoms. The molecule has 2 heterocycles. The zero-order valence-electron chi connectivity index (χ0n) is 13.7. The highest BCUT2D eigenvalue weighted by molar-refractivity contribution is 7.10. The summed E-state index contributed by atoms with van der Waals surface area (Å²) in [4.78, 5) is 28.1. The third-order valence-corrected chi connectivity index (χ3v) is 5.78. The monoisotopic (exact) mass is 396 g/mol. The van der Waals surface area contributed by atoms with Crippen LogP contribution in [0.3, 0.4) is 0 Å². The van der Waals surface area contributed by atoms with Crippen LogP contribution in [0.1, 0.15) is 33.6 Å². The van der Waals surface area contributed by atoms with E-state index < -0.39 is 6.04 Å². The molecule has 1 unspecified atom stereocenters. The average Bonchev–Trinajstić information content (AvgIpc) is 3.20. The van der Waals surface area contributed by atoms with Crippen molar-refractivity contribution >= 4 is 46.4 Å². The van der Waals surface area contributed by atoms with Crippen LogP contribution in [0, 0.1) is 6.92 Å². The molecule has 0 bridgehead atoms. The quantitative estimate of drug-likeness (QED) is 0.837. The van der Waals surface area contributed by atoms with E-state index in [1.165, 1.54) is 5.56 Å². The molecule has 1 aromatic heterocycles. The Morgan fingerprint density at radius 3 is 2.64 bits per heavy atom. The summed E-state index contributed by atoms with van der Waals surface area (Å²) in [5, 5.41) is 5.77. The van der Waals surface area contributed by atoms with Gasteiger partial charge in [-0.3, -0.25) is 9.59 Å². The lowest BCUT2D eigenvalue weighted by atomic mass is 10.1. The van der Waals surface area contributed by atoms with Gasteiger partial charge in [-0.1, -0.05) is 23.2 Å². The molecule has 0 aliphatic carbocycles. The van der Waals surface area contributed by atoms with E-state index in [2.05, 4.69) is 5.32 Å². The van der Waals surface area contributed by atoms with E-state index in [0.29, 0.717) is 35.1 Å². The van der Waals surface area contributed by atoms with Gasteiger partial charge in [0, 0.05) is 27.0 Å². The molecule has 3 rings (SSSR count). The molecule has 132 valence electrons. The van der Waals surface area contributed by atoms with Crippen LogP contribution < -0.4 is 5.32 Å². The molecular weight excluding hydrogens is 379 g/mol. The summed E-state index contributed by atoms with van der Waals surface area (Å²) in [6.07, 6.45) is 1.46. The number of amides is 2. The zero-order chi connectivity index (χ0) is 18.0. The minimum Gasteiger partial charge on any atom is -0.349 e. The van der Waals surface area contributed by atoms with E-state index in [-0.39, 0.29) is 11.8 Å². The van der Waals surface area contributed by atoms with Crippen LogP contribution in [0.2, 0.25) is 10.0 Å². The largest absolute Gasteiger partial charge is 0.349 e. The fraction of sp³-hybridized carbons (Fsp3) is 0.333. The molecule has 25 heavy (non-hydrogen) atoms. The zero-order valence-corrected chi connectivity index (χ0v) is 16.0. The normalized spacial score (nSPS) is 16.9. The second-order valence-corrected chi connectivity index (χ2v) is 7.93. The number of aryl methyl sites for hydroxylation is 1. The molecule has 1 aromatic carbocycles. The maximum atomic E-state index is 12.8. The number of hydrogen-bond donors (Lipinski definition) is 1. The maximum Gasteiger partial charge on any atom is 0.254 e. The second kappa shape index (κ2) is 7.77. The van der Waals surface area contributed by atoms with E-state index >= 15 is 0 Å². The Balaban J connectivity index is 1.70. The minimum absolute atomic E-state index is 0.119. The smallest absolute Gasteiger partial charge is 0.254 e. The lowest BCUT2D eigenvalue weighted by Crippen LogP contribution is -2.45. The van der Waals surface area contributed by atoms with Gasteiger partial charge in [-0.25, -0.2) is 0 Å². The van der Waals surface area contributed by atoms with Crippen molar-refractivity contribution in [3.05, 3.63) is 55.7 Å². The van der Waals surface area contributed by atoms with Crippen LogP contribution in [-0.2, 0) is 11.3 Å². The number of benzene rings is 1. The summed E-state index contributed by atoms with van der Waals surface area (Å²) in [7, 11) is 0. The van der Waals surface area contributed by atoms with E-state index in [9.17, 15) is 9.59 Å². The number of halogens is 2. The number of rotatable bonds is 4. The summed E-state index contributed by atoms with van der Waals surface area (Å²) in [5.74, 6) is -0.332. The first-order valence-corrected chi connectivity index (χ1v) is 9.67. The van der Waals surface area contributed by atoms with Gasteiger partial charge >= 0.3 is 0 Å². The molecule has 1 saturated heterocycles. The number of carbonyl (C=O) groups excluding carboxylic acids is 2. The predicted octanol–water partition coefficient (Wildman–Crippen LogP) is 4.28. The van der Waals surface area contributed by atoms with Crippen LogP contribution in [0.15, 0.2) is 29.6 Å². The van der Waals surface area contributed by atoms with E-state index in [0.717, 1.165) is 11.3 Å². The molecule has 1 fully saturated rings. The van der Waals surface area contributed by atoms with Crippen molar-refractivity contribution in [2.75, 3.05) is 6.54 Å². The average molecular weight is 397 g/mol. The van der Waals surface area contributed by atoms with E-state index in [1.54, 1.807) is 34.4 Å². The first kappa shape index (κ1) is 18.2. The summed E-state index contributed by atoms with van der Waals surface area (Å²) in [5.41, 5.74) is 1.57. The van der Waals surface area contributed by atoms with Crippen molar-refractivity contribution in [2.45, 2.75) is 32.4 Å². The molecule has 4 nitrogen and oxygen atoms in total. The maximum absolute atomic E-state index is 12.8. The van der Waals surface area contributed by atoms with E-state index in [1.807, 2.05) is 18.4 Å². The van der Waals surface area contributed by atoms with Gasteiger partial charge in [-0.2, -0.15) is 0 Å². The molecule has 2 amide bonds. The van der Waals surface area contributed by atoms with Crippen LogP contribution in [0.5, 0.6) is 0 Å². The number of carbonyl (C=O) groups is 2. The van der Waals surface area contributed by atoms with Gasteiger partial charge in [0.2, 0.25) is 5.91 Å². The van der Waals surface area contributed by atoms with Crippen LogP contribution in [0.4, 0.5) is 0 Å². The van der Waals surface area contributed by atoms with Gasteiger partial charge in [-0.15, -0.1) is 11.3 Å². The Bertz CT molecular complexity index is 786. The number of likely N-dealkylation sites (tertiary alicyclic amines) is 1. The third-order valence-electron chi connectivity index (χ3n) is 4.32. The molecule has 1 N–H and O–H groups in total. The predicted molar refractivity (Wildman–Crippen MR) is 101 cm³/mol. The van der Waals surface area contributed by atoms with Crippen molar-refractivity contribution in [3.8, 4) is 0 Å². The Morgan fingerprint density at radius 2 is 2.00 bits per heavy atom. The first-order valence-electron chi connectivity index (χ1n) is 8.03. The lowest BCUT2D eigenvalue weighted by Gasteiger charge is -2.24. The SMILES string of the molecule is Cc1ccsc1CNC(=O)C1CCCN1C(=O)c1cc(Cl)cc(Cl)c1. The first-order chi connectivity index (χ1) is 12.0. The molecule has 2 aromatic rings.